The first-order valence-corrected chi connectivity index (χ1v) is 8.23. The molecule has 0 bridgehead atoms. The molecule has 2 aromatic heterocycles. The van der Waals surface area contributed by atoms with E-state index in [0.717, 1.165) is 16.0 Å². The van der Waals surface area contributed by atoms with E-state index in [1.165, 1.54) is 7.05 Å². The second kappa shape index (κ2) is 6.35. The van der Waals surface area contributed by atoms with Gasteiger partial charge < -0.3 is 5.11 Å². The van der Waals surface area contributed by atoms with Crippen molar-refractivity contribution in [1.82, 2.24) is 14.8 Å². The van der Waals surface area contributed by atoms with Gasteiger partial charge in [-0.05, 0) is 0 Å². The Morgan fingerprint density at radius 1 is 1.36 bits per heavy atom. The van der Waals surface area contributed by atoms with E-state index in [0.29, 0.717) is 5.69 Å². The largest absolute Gasteiger partial charge is 0.506 e. The molecular formula is C15H14ClF3N4OS. The number of hydrogen-bond donors (Lipinski definition) is 1. The van der Waals surface area contributed by atoms with Gasteiger partial charge in [0.25, 0.3) is 0 Å². The lowest BCUT2D eigenvalue weighted by molar-refractivity contribution is -0.141. The molecule has 0 spiro atoms. The first kappa shape index (κ1) is 19.3. The second-order valence-electron chi connectivity index (χ2n) is 6.26. The number of aliphatic hydroxyl groups is 1. The number of alkyl halides is 3. The van der Waals surface area contributed by atoms with Gasteiger partial charge in [0, 0.05) is 17.8 Å². The van der Waals surface area contributed by atoms with Gasteiger partial charge in [-0.25, -0.2) is 4.98 Å². The molecule has 134 valence electrons. The number of allylic oxidation sites excluding steroid dienone is 1. The smallest absolute Gasteiger partial charge is 0.435 e. The fourth-order valence-electron chi connectivity index (χ4n) is 1.97. The summed E-state index contributed by atoms with van der Waals surface area (Å²) in [7, 11) is 1.21. The van der Waals surface area contributed by atoms with Crippen molar-refractivity contribution in [3.8, 4) is 6.07 Å². The van der Waals surface area contributed by atoms with E-state index in [-0.39, 0.29) is 16.0 Å². The van der Waals surface area contributed by atoms with Crippen LogP contribution in [-0.2, 0) is 18.6 Å². The Bertz CT molecular complexity index is 884. The average Bonchev–Trinajstić information content (AvgIpc) is 3.05. The molecule has 0 fully saturated rings. The highest BCUT2D eigenvalue weighted by Gasteiger charge is 2.40. The highest BCUT2D eigenvalue weighted by Crippen LogP contribution is 2.40. The number of aliphatic hydroxyl groups excluding tert-OH is 1. The number of aryl methyl sites for hydroxylation is 1. The summed E-state index contributed by atoms with van der Waals surface area (Å²) in [6.07, 6.45) is -4.84. The number of rotatable bonds is 2. The number of hydrogen-bond acceptors (Lipinski definition) is 5. The van der Waals surface area contributed by atoms with E-state index in [2.05, 4.69) is 10.1 Å². The van der Waals surface area contributed by atoms with Gasteiger partial charge in [-0.15, -0.1) is 11.3 Å². The van der Waals surface area contributed by atoms with Gasteiger partial charge in [0.05, 0.1) is 11.3 Å². The number of nitrogens with zero attached hydrogens (tertiary/aromatic N) is 4. The van der Waals surface area contributed by atoms with Crippen LogP contribution >= 0.6 is 22.9 Å². The summed E-state index contributed by atoms with van der Waals surface area (Å²) in [5.41, 5.74) is -2.14. The third kappa shape index (κ3) is 3.65. The highest BCUT2D eigenvalue weighted by molar-refractivity contribution is 7.11. The topological polar surface area (TPSA) is 74.7 Å². The number of aromatic nitrogens is 3. The summed E-state index contributed by atoms with van der Waals surface area (Å²) in [4.78, 5) is 4.25. The van der Waals surface area contributed by atoms with Gasteiger partial charge in [0.1, 0.15) is 27.6 Å². The third-order valence-electron chi connectivity index (χ3n) is 3.32. The zero-order chi connectivity index (χ0) is 19.2. The molecule has 0 unspecified atom stereocenters. The number of halogens is 4. The molecule has 0 aliphatic heterocycles. The van der Waals surface area contributed by atoms with E-state index >= 15 is 0 Å². The zero-order valence-electron chi connectivity index (χ0n) is 13.7. The maximum absolute atomic E-state index is 13.2. The van der Waals surface area contributed by atoms with Crippen LogP contribution in [0.5, 0.6) is 0 Å². The van der Waals surface area contributed by atoms with Gasteiger partial charge in [0.2, 0.25) is 0 Å². The van der Waals surface area contributed by atoms with Crippen LogP contribution in [0, 0.1) is 11.3 Å². The van der Waals surface area contributed by atoms with Crippen molar-refractivity contribution in [2.45, 2.75) is 32.4 Å². The summed E-state index contributed by atoms with van der Waals surface area (Å²) in [5, 5.41) is 24.4. The minimum Gasteiger partial charge on any atom is -0.506 e. The van der Waals surface area contributed by atoms with E-state index < -0.39 is 28.3 Å². The summed E-state index contributed by atoms with van der Waals surface area (Å²) < 4.78 is 40.3. The van der Waals surface area contributed by atoms with Gasteiger partial charge in [0.15, 0.2) is 5.69 Å². The molecule has 10 heteroatoms. The van der Waals surface area contributed by atoms with Crippen molar-refractivity contribution in [1.29, 1.82) is 5.26 Å². The summed E-state index contributed by atoms with van der Waals surface area (Å²) in [5.74, 6) is -0.900. The molecule has 25 heavy (non-hydrogen) atoms. The minimum atomic E-state index is -4.84. The van der Waals surface area contributed by atoms with E-state index in [9.17, 15) is 23.5 Å². The van der Waals surface area contributed by atoms with Crippen molar-refractivity contribution in [3.05, 3.63) is 32.5 Å². The SMILES string of the molecule is Cn1nc(C(F)(F)F)c(C(O)=C(C#N)c2nc(C(C)(C)C)cs2)c1Cl. The summed E-state index contributed by atoms with van der Waals surface area (Å²) in [6.45, 7) is 5.71. The van der Waals surface area contributed by atoms with Crippen molar-refractivity contribution < 1.29 is 18.3 Å². The normalized spacial score (nSPS) is 13.6. The Balaban J connectivity index is 2.70. The Morgan fingerprint density at radius 3 is 2.40 bits per heavy atom. The number of thiazole rings is 1. The highest BCUT2D eigenvalue weighted by atomic mass is 35.5. The van der Waals surface area contributed by atoms with Crippen molar-refractivity contribution in [2.75, 3.05) is 0 Å². The molecule has 5 nitrogen and oxygen atoms in total. The molecule has 2 rings (SSSR count). The lowest BCUT2D eigenvalue weighted by Gasteiger charge is -2.14. The van der Waals surface area contributed by atoms with E-state index in [4.69, 9.17) is 11.6 Å². The van der Waals surface area contributed by atoms with Crippen LogP contribution in [0.2, 0.25) is 5.15 Å². The molecule has 0 saturated heterocycles. The van der Waals surface area contributed by atoms with Gasteiger partial charge in [-0.3, -0.25) is 4.68 Å². The molecule has 2 aromatic rings. The maximum atomic E-state index is 13.2. The zero-order valence-corrected chi connectivity index (χ0v) is 15.3. The Kier molecular flexibility index (Phi) is 4.90. The molecule has 0 saturated carbocycles. The molecule has 0 radical (unpaired) electrons. The maximum Gasteiger partial charge on any atom is 0.435 e. The fraction of sp³-hybridized carbons (Fsp3) is 0.400. The summed E-state index contributed by atoms with van der Waals surface area (Å²) in [6, 6.07) is 1.71. The molecule has 0 aliphatic rings. The van der Waals surface area contributed by atoms with Crippen molar-refractivity contribution >= 4 is 34.3 Å². The number of nitriles is 1. The monoisotopic (exact) mass is 390 g/mol. The minimum absolute atomic E-state index is 0.109. The van der Waals surface area contributed by atoms with Crippen LogP contribution in [0.15, 0.2) is 5.38 Å². The second-order valence-corrected chi connectivity index (χ2v) is 7.48. The standard InChI is InChI=1S/C15H14ClF3N4OS/c1-14(2,3)8-6-25-13(21-8)7(5-20)10(24)9-11(15(17,18)19)22-23(4)12(9)16/h6,24H,1-4H3. The molecule has 0 aromatic carbocycles. The predicted octanol–water partition coefficient (Wildman–Crippen LogP) is 4.80. The van der Waals surface area contributed by atoms with Crippen LogP contribution in [0.3, 0.4) is 0 Å². The van der Waals surface area contributed by atoms with Crippen molar-refractivity contribution in [2.24, 2.45) is 7.05 Å². The quantitative estimate of drug-likeness (QED) is 0.590. The Hall–Kier alpha value is -2.05. The lowest BCUT2D eigenvalue weighted by Crippen LogP contribution is -2.11. The van der Waals surface area contributed by atoms with Crippen LogP contribution in [0.25, 0.3) is 11.3 Å². The van der Waals surface area contributed by atoms with Gasteiger partial charge in [-0.1, -0.05) is 32.4 Å². The molecule has 0 atom stereocenters. The average molecular weight is 391 g/mol. The Labute approximate surface area is 151 Å². The van der Waals surface area contributed by atoms with Gasteiger partial charge >= 0.3 is 6.18 Å². The van der Waals surface area contributed by atoms with Crippen LogP contribution in [0.4, 0.5) is 13.2 Å². The Morgan fingerprint density at radius 2 is 1.96 bits per heavy atom. The predicted molar refractivity (Wildman–Crippen MR) is 89.1 cm³/mol. The molecule has 0 aliphatic carbocycles. The van der Waals surface area contributed by atoms with Gasteiger partial charge in [-0.2, -0.15) is 23.5 Å². The summed E-state index contributed by atoms with van der Waals surface area (Å²) >= 11 is 6.92. The van der Waals surface area contributed by atoms with Crippen LogP contribution < -0.4 is 0 Å². The fourth-order valence-corrected chi connectivity index (χ4v) is 3.23. The first-order chi connectivity index (χ1) is 11.4. The molecular weight excluding hydrogens is 377 g/mol. The van der Waals surface area contributed by atoms with Crippen molar-refractivity contribution in [3.63, 3.8) is 0 Å². The molecule has 2 heterocycles. The first-order valence-electron chi connectivity index (χ1n) is 6.97. The molecule has 1 N–H and O–H groups in total. The van der Waals surface area contributed by atoms with Crippen LogP contribution in [0.1, 0.15) is 42.7 Å². The van der Waals surface area contributed by atoms with E-state index in [1.54, 1.807) is 11.4 Å². The lowest BCUT2D eigenvalue weighted by atomic mass is 9.93. The van der Waals surface area contributed by atoms with Crippen LogP contribution in [-0.4, -0.2) is 19.9 Å². The third-order valence-corrected chi connectivity index (χ3v) is 4.61. The van der Waals surface area contributed by atoms with E-state index in [1.807, 2.05) is 20.8 Å². The molecule has 0 amide bonds.